The monoisotopic (exact) mass is 423 g/mol. The van der Waals surface area contributed by atoms with Crippen molar-refractivity contribution in [2.75, 3.05) is 6.61 Å². The maximum absolute atomic E-state index is 11.6. The Balaban J connectivity index is 1.65. The molecule has 2 amide bonds. The predicted octanol–water partition coefficient (Wildman–Crippen LogP) is 2.16. The largest absolute Gasteiger partial charge is 0.484 e. The number of thiocarbonyl (C=S) groups is 1. The van der Waals surface area contributed by atoms with Gasteiger partial charge in [-0.2, -0.15) is 0 Å². The van der Waals surface area contributed by atoms with Gasteiger partial charge in [-0.25, -0.2) is 0 Å². The molecule has 0 atom stereocenters. The maximum Gasteiger partial charge on any atom is 0.276 e. The molecule has 2 aromatic rings. The van der Waals surface area contributed by atoms with Gasteiger partial charge in [0, 0.05) is 10.5 Å². The van der Waals surface area contributed by atoms with Crippen molar-refractivity contribution >= 4 is 51.2 Å². The fraction of sp³-hybridized carbons (Fsp3) is 0.0625. The number of nitrogens with one attached hydrogen (secondary N) is 3. The Hall–Kier alpha value is -2.65. The third kappa shape index (κ3) is 7.19. The van der Waals surface area contributed by atoms with Crippen LogP contribution in [-0.4, -0.2) is 23.5 Å². The summed E-state index contributed by atoms with van der Waals surface area (Å²) in [6, 6.07) is 10.4. The van der Waals surface area contributed by atoms with Crippen molar-refractivity contribution in [2.24, 2.45) is 0 Å². The minimum absolute atomic E-state index is 0.0499. The molecule has 3 N–H and O–H groups in total. The van der Waals surface area contributed by atoms with Gasteiger partial charge in [-0.3, -0.25) is 25.8 Å². The van der Waals surface area contributed by atoms with Crippen LogP contribution in [0.4, 0.5) is 0 Å². The lowest BCUT2D eigenvalue weighted by molar-refractivity contribution is -0.123. The van der Waals surface area contributed by atoms with Gasteiger partial charge in [-0.05, 0) is 54.7 Å². The van der Waals surface area contributed by atoms with E-state index in [0.717, 1.165) is 4.47 Å². The van der Waals surface area contributed by atoms with E-state index in [1.807, 2.05) is 0 Å². The van der Waals surface area contributed by atoms with Crippen LogP contribution in [0.1, 0.15) is 5.76 Å². The van der Waals surface area contributed by atoms with Crippen LogP contribution in [0.3, 0.4) is 0 Å². The summed E-state index contributed by atoms with van der Waals surface area (Å²) in [5, 5.41) is 2.32. The van der Waals surface area contributed by atoms with Crippen LogP contribution in [0, 0.1) is 0 Å². The van der Waals surface area contributed by atoms with Crippen LogP contribution in [0.25, 0.3) is 6.08 Å². The summed E-state index contributed by atoms with van der Waals surface area (Å²) in [4.78, 5) is 23.3. The van der Waals surface area contributed by atoms with Crippen molar-refractivity contribution in [1.29, 1.82) is 0 Å². The van der Waals surface area contributed by atoms with Crippen molar-refractivity contribution in [2.45, 2.75) is 0 Å². The first-order chi connectivity index (χ1) is 12.0. The quantitative estimate of drug-likeness (QED) is 0.387. The number of benzene rings is 1. The molecule has 0 saturated carbocycles. The summed E-state index contributed by atoms with van der Waals surface area (Å²) in [5.41, 5.74) is 4.72. The van der Waals surface area contributed by atoms with Crippen LogP contribution < -0.4 is 20.9 Å². The molecule has 0 aliphatic rings. The first kappa shape index (κ1) is 18.7. The van der Waals surface area contributed by atoms with E-state index in [2.05, 4.69) is 32.1 Å². The molecule has 0 radical (unpaired) electrons. The van der Waals surface area contributed by atoms with E-state index in [0.29, 0.717) is 11.5 Å². The van der Waals surface area contributed by atoms with E-state index >= 15 is 0 Å². The van der Waals surface area contributed by atoms with Gasteiger partial charge in [0.2, 0.25) is 5.91 Å². The lowest BCUT2D eigenvalue weighted by atomic mass is 10.3. The summed E-state index contributed by atoms with van der Waals surface area (Å²) in [5.74, 6) is 0.171. The van der Waals surface area contributed by atoms with Gasteiger partial charge in [0.25, 0.3) is 5.91 Å². The first-order valence-electron chi connectivity index (χ1n) is 7.02. The van der Waals surface area contributed by atoms with Crippen molar-refractivity contribution in [3.8, 4) is 5.75 Å². The second kappa shape index (κ2) is 9.60. The molecule has 9 heteroatoms. The minimum atomic E-state index is -0.464. The molecule has 130 valence electrons. The van der Waals surface area contributed by atoms with Gasteiger partial charge in [-0.1, -0.05) is 15.9 Å². The highest BCUT2D eigenvalue weighted by Gasteiger charge is 2.05. The number of hydrogen-bond acceptors (Lipinski definition) is 5. The van der Waals surface area contributed by atoms with Crippen LogP contribution >= 0.6 is 28.1 Å². The third-order valence-electron chi connectivity index (χ3n) is 2.68. The number of ether oxygens (including phenoxy) is 1. The van der Waals surface area contributed by atoms with Crippen molar-refractivity contribution in [1.82, 2.24) is 16.2 Å². The van der Waals surface area contributed by atoms with E-state index in [-0.39, 0.29) is 11.7 Å². The zero-order chi connectivity index (χ0) is 18.1. The Morgan fingerprint density at radius 3 is 2.64 bits per heavy atom. The highest BCUT2D eigenvalue weighted by molar-refractivity contribution is 9.10. The summed E-state index contributed by atoms with van der Waals surface area (Å²) < 4.78 is 11.3. The van der Waals surface area contributed by atoms with Gasteiger partial charge in [0.05, 0.1) is 6.26 Å². The summed E-state index contributed by atoms with van der Waals surface area (Å²) in [6.07, 6.45) is 4.24. The number of rotatable bonds is 5. The summed E-state index contributed by atoms with van der Waals surface area (Å²) >= 11 is 8.20. The Morgan fingerprint density at radius 1 is 1.20 bits per heavy atom. The fourth-order valence-electron chi connectivity index (χ4n) is 1.57. The average Bonchev–Trinajstić information content (AvgIpc) is 3.11. The summed E-state index contributed by atoms with van der Waals surface area (Å²) in [6.45, 7) is -0.205. The standard InChI is InChI=1S/C16H14BrN3O4S/c17-11-3-5-13(6-4-11)24-10-15(22)19-20-16(25)18-14(21)8-7-12-2-1-9-23-12/h1-9H,10H2,(H,19,22)(H2,18,20,21,25). The molecule has 0 saturated heterocycles. The molecule has 1 heterocycles. The predicted molar refractivity (Wildman–Crippen MR) is 99.4 cm³/mol. The molecule has 0 aliphatic carbocycles. The molecule has 0 bridgehead atoms. The minimum Gasteiger partial charge on any atom is -0.484 e. The van der Waals surface area contributed by atoms with E-state index in [9.17, 15) is 9.59 Å². The van der Waals surface area contributed by atoms with Crippen molar-refractivity contribution < 1.29 is 18.7 Å². The Bertz CT molecular complexity index is 760. The number of hydrogen-bond donors (Lipinski definition) is 3. The zero-order valence-corrected chi connectivity index (χ0v) is 15.2. The van der Waals surface area contributed by atoms with Gasteiger partial charge >= 0.3 is 0 Å². The molecule has 0 spiro atoms. The second-order valence-electron chi connectivity index (χ2n) is 4.58. The normalized spacial score (nSPS) is 10.3. The number of hydrazine groups is 1. The molecule has 1 aromatic carbocycles. The van der Waals surface area contributed by atoms with E-state index < -0.39 is 11.8 Å². The van der Waals surface area contributed by atoms with Crippen LogP contribution in [0.5, 0.6) is 5.75 Å². The summed E-state index contributed by atoms with van der Waals surface area (Å²) in [7, 11) is 0. The molecular formula is C16H14BrN3O4S. The maximum atomic E-state index is 11.6. The molecule has 0 unspecified atom stereocenters. The smallest absolute Gasteiger partial charge is 0.276 e. The number of carbonyl (C=O) groups excluding carboxylic acids is 2. The second-order valence-corrected chi connectivity index (χ2v) is 5.91. The van der Waals surface area contributed by atoms with Gasteiger partial charge in [0.1, 0.15) is 11.5 Å². The van der Waals surface area contributed by atoms with Crippen molar-refractivity contribution in [3.63, 3.8) is 0 Å². The van der Waals surface area contributed by atoms with Gasteiger partial charge < -0.3 is 9.15 Å². The van der Waals surface area contributed by atoms with E-state index in [1.165, 1.54) is 18.4 Å². The molecular weight excluding hydrogens is 410 g/mol. The SMILES string of the molecule is O=C(C=Cc1ccco1)NC(=S)NNC(=O)COc1ccc(Br)cc1. The van der Waals surface area contributed by atoms with Gasteiger partial charge in [0.15, 0.2) is 11.7 Å². The fourth-order valence-corrected chi connectivity index (χ4v) is 1.99. The van der Waals surface area contributed by atoms with E-state index in [1.54, 1.807) is 36.4 Å². The average molecular weight is 424 g/mol. The molecule has 2 rings (SSSR count). The van der Waals surface area contributed by atoms with Crippen LogP contribution in [0.2, 0.25) is 0 Å². The molecule has 0 aliphatic heterocycles. The molecule has 7 nitrogen and oxygen atoms in total. The number of furan rings is 1. The van der Waals surface area contributed by atoms with Gasteiger partial charge in [-0.15, -0.1) is 0 Å². The lowest BCUT2D eigenvalue weighted by Crippen LogP contribution is -2.49. The number of halogens is 1. The highest BCUT2D eigenvalue weighted by atomic mass is 79.9. The molecule has 25 heavy (non-hydrogen) atoms. The van der Waals surface area contributed by atoms with E-state index in [4.69, 9.17) is 21.4 Å². The topological polar surface area (TPSA) is 92.6 Å². The zero-order valence-electron chi connectivity index (χ0n) is 12.8. The first-order valence-corrected chi connectivity index (χ1v) is 8.23. The Kier molecular flexibility index (Phi) is 7.17. The third-order valence-corrected chi connectivity index (χ3v) is 3.41. The lowest BCUT2D eigenvalue weighted by Gasteiger charge is -2.10. The van der Waals surface area contributed by atoms with Crippen molar-refractivity contribution in [3.05, 3.63) is 59.0 Å². The molecule has 1 aromatic heterocycles. The highest BCUT2D eigenvalue weighted by Crippen LogP contribution is 2.15. The molecule has 0 fully saturated rings. The van der Waals surface area contributed by atoms with Crippen LogP contribution in [0.15, 0.2) is 57.6 Å². The van der Waals surface area contributed by atoms with Crippen LogP contribution in [-0.2, 0) is 9.59 Å². The number of amides is 2. The Labute approximate surface area is 157 Å². The number of carbonyl (C=O) groups is 2. The Morgan fingerprint density at radius 2 is 1.96 bits per heavy atom.